The van der Waals surface area contributed by atoms with Gasteiger partial charge in [0.05, 0.1) is 0 Å². The summed E-state index contributed by atoms with van der Waals surface area (Å²) >= 11 is 1.33. The maximum Gasteiger partial charge on any atom is 0.186 e. The van der Waals surface area contributed by atoms with Crippen LogP contribution >= 0.6 is 11.8 Å². The van der Waals surface area contributed by atoms with Crippen LogP contribution in [-0.4, -0.2) is 10.9 Å². The fourth-order valence-corrected chi connectivity index (χ4v) is 0.785. The molecule has 0 bridgehead atoms. The lowest BCUT2D eigenvalue weighted by Gasteiger charge is -1.84. The Hall–Kier alpha value is -0.500. The van der Waals surface area contributed by atoms with Gasteiger partial charge in [-0.25, -0.2) is 0 Å². The molecular formula is C13H28OS. The van der Waals surface area contributed by atoms with Crippen LogP contribution in [0.2, 0.25) is 0 Å². The van der Waals surface area contributed by atoms with E-state index in [2.05, 4.69) is 6.58 Å². The summed E-state index contributed by atoms with van der Waals surface area (Å²) in [5.41, 5.74) is 0. The first-order valence-corrected chi connectivity index (χ1v) is 6.49. The van der Waals surface area contributed by atoms with E-state index in [1.54, 1.807) is 13.0 Å². The summed E-state index contributed by atoms with van der Waals surface area (Å²) in [6, 6.07) is 0. The maximum atomic E-state index is 10.2. The van der Waals surface area contributed by atoms with Gasteiger partial charge >= 0.3 is 0 Å². The van der Waals surface area contributed by atoms with Gasteiger partial charge in [0.2, 0.25) is 0 Å². The second kappa shape index (κ2) is 37.5. The number of rotatable bonds is 2. The molecule has 0 aliphatic heterocycles. The Morgan fingerprint density at radius 3 is 1.73 bits per heavy atom. The van der Waals surface area contributed by atoms with E-state index < -0.39 is 0 Å². The molecule has 92 valence electrons. The molecule has 0 saturated heterocycles. The van der Waals surface area contributed by atoms with Crippen LogP contribution in [0.5, 0.6) is 0 Å². The lowest BCUT2D eigenvalue weighted by molar-refractivity contribution is -0.109. The standard InChI is InChI=1S/C6H10OS.C3H6.2C2H6/c1-3-4-5-8-6(2)7;1-3-2;2*1-2/h3-4H,5H2,1-2H3;3H,1H2,2H3;2*1-2H3/b4-3-;;;. The molecule has 2 heteroatoms. The Labute approximate surface area is 101 Å². The van der Waals surface area contributed by atoms with E-state index >= 15 is 0 Å². The van der Waals surface area contributed by atoms with Crippen molar-refractivity contribution in [1.82, 2.24) is 0 Å². The zero-order valence-electron chi connectivity index (χ0n) is 11.5. The fraction of sp³-hybridized carbons (Fsp3) is 0.615. The number of hydrogen-bond donors (Lipinski definition) is 0. The Morgan fingerprint density at radius 2 is 1.53 bits per heavy atom. The average molecular weight is 232 g/mol. The Bertz CT molecular complexity index is 128. The number of carbonyl (C=O) groups excluding carboxylic acids is 1. The molecule has 0 unspecified atom stereocenters. The predicted octanol–water partition coefficient (Wildman–Crippen LogP) is 5.09. The highest BCUT2D eigenvalue weighted by Crippen LogP contribution is 1.99. The van der Waals surface area contributed by atoms with Crippen LogP contribution < -0.4 is 0 Å². The lowest BCUT2D eigenvalue weighted by atomic mass is 10.6. The molecule has 0 aromatic carbocycles. The van der Waals surface area contributed by atoms with Crippen LogP contribution in [0, 0.1) is 0 Å². The topological polar surface area (TPSA) is 17.1 Å². The number of carbonyl (C=O) groups is 1. The van der Waals surface area contributed by atoms with Gasteiger partial charge in [-0.05, 0) is 13.8 Å². The molecule has 0 aromatic heterocycles. The van der Waals surface area contributed by atoms with Crippen molar-refractivity contribution in [2.45, 2.75) is 48.5 Å². The monoisotopic (exact) mass is 232 g/mol. The predicted molar refractivity (Wildman–Crippen MR) is 76.5 cm³/mol. The molecule has 0 aliphatic rings. The van der Waals surface area contributed by atoms with Gasteiger partial charge < -0.3 is 0 Å². The van der Waals surface area contributed by atoms with E-state index in [0.717, 1.165) is 5.75 Å². The van der Waals surface area contributed by atoms with Crippen molar-refractivity contribution in [1.29, 1.82) is 0 Å². The SMILES string of the molecule is C/C=C\CSC(C)=O.C=CC.CC.CC. The molecule has 0 radical (unpaired) electrons. The van der Waals surface area contributed by atoms with E-state index in [1.807, 2.05) is 53.7 Å². The number of thioether (sulfide) groups is 1. The van der Waals surface area contributed by atoms with Gasteiger partial charge in [0.15, 0.2) is 5.12 Å². The first-order chi connectivity index (χ1) is 7.18. The summed E-state index contributed by atoms with van der Waals surface area (Å²) in [6.07, 6.45) is 5.65. The van der Waals surface area contributed by atoms with E-state index in [1.165, 1.54) is 11.8 Å². The first kappa shape index (κ1) is 24.0. The zero-order valence-corrected chi connectivity index (χ0v) is 12.3. The van der Waals surface area contributed by atoms with Gasteiger partial charge in [0.1, 0.15) is 0 Å². The quantitative estimate of drug-likeness (QED) is 0.617. The van der Waals surface area contributed by atoms with Crippen molar-refractivity contribution in [3.63, 3.8) is 0 Å². The third kappa shape index (κ3) is 88.2. The molecular weight excluding hydrogens is 204 g/mol. The molecule has 0 amide bonds. The van der Waals surface area contributed by atoms with Crippen LogP contribution in [0.15, 0.2) is 24.8 Å². The molecule has 0 N–H and O–H groups in total. The van der Waals surface area contributed by atoms with Crippen molar-refractivity contribution in [3.05, 3.63) is 24.8 Å². The van der Waals surface area contributed by atoms with Gasteiger partial charge in [-0.2, -0.15) is 0 Å². The molecule has 15 heavy (non-hydrogen) atoms. The highest BCUT2D eigenvalue weighted by molar-refractivity contribution is 8.13. The minimum absolute atomic E-state index is 0.183. The minimum atomic E-state index is 0.183. The van der Waals surface area contributed by atoms with Gasteiger partial charge in [-0.3, -0.25) is 4.79 Å². The molecule has 0 heterocycles. The van der Waals surface area contributed by atoms with Crippen molar-refractivity contribution in [2.24, 2.45) is 0 Å². The summed E-state index contributed by atoms with van der Waals surface area (Å²) in [4.78, 5) is 10.2. The molecule has 1 nitrogen and oxygen atoms in total. The Morgan fingerprint density at radius 1 is 1.20 bits per heavy atom. The third-order valence-electron chi connectivity index (χ3n) is 0.619. The molecule has 0 aromatic rings. The first-order valence-electron chi connectivity index (χ1n) is 5.50. The van der Waals surface area contributed by atoms with E-state index in [-0.39, 0.29) is 5.12 Å². The Balaban J connectivity index is -0.0000000726. The highest BCUT2D eigenvalue weighted by Gasteiger charge is 1.86. The zero-order chi connectivity index (χ0) is 13.1. The van der Waals surface area contributed by atoms with Crippen molar-refractivity contribution in [2.75, 3.05) is 5.75 Å². The van der Waals surface area contributed by atoms with Crippen LogP contribution in [0.1, 0.15) is 48.5 Å². The average Bonchev–Trinajstić information content (AvgIpc) is 2.25. The van der Waals surface area contributed by atoms with Crippen LogP contribution in [0.25, 0.3) is 0 Å². The summed E-state index contributed by atoms with van der Waals surface area (Å²) in [5, 5.41) is 0.183. The normalized spacial score (nSPS) is 7.13. The smallest absolute Gasteiger partial charge is 0.186 e. The van der Waals surface area contributed by atoms with E-state index in [4.69, 9.17) is 0 Å². The maximum absolute atomic E-state index is 10.2. The molecule has 0 spiro atoms. The van der Waals surface area contributed by atoms with Gasteiger partial charge in [-0.1, -0.05) is 57.7 Å². The second-order valence-electron chi connectivity index (χ2n) is 1.78. The summed E-state index contributed by atoms with van der Waals surface area (Å²) in [7, 11) is 0. The fourth-order valence-electron chi connectivity index (χ4n) is 0.262. The number of allylic oxidation sites excluding steroid dienone is 2. The van der Waals surface area contributed by atoms with E-state index in [9.17, 15) is 4.79 Å². The van der Waals surface area contributed by atoms with Gasteiger partial charge in [0.25, 0.3) is 0 Å². The third-order valence-corrected chi connectivity index (χ3v) is 1.38. The Kier molecular flexibility index (Phi) is 59.9. The lowest BCUT2D eigenvalue weighted by Crippen LogP contribution is -1.80. The molecule has 0 rings (SSSR count). The number of hydrogen-bond acceptors (Lipinski definition) is 2. The van der Waals surface area contributed by atoms with Gasteiger partial charge in [0, 0.05) is 12.7 Å². The molecule has 0 saturated carbocycles. The molecule has 0 atom stereocenters. The van der Waals surface area contributed by atoms with Crippen LogP contribution in [-0.2, 0) is 4.79 Å². The van der Waals surface area contributed by atoms with Gasteiger partial charge in [-0.15, -0.1) is 6.58 Å². The van der Waals surface area contributed by atoms with E-state index in [0.29, 0.717) is 0 Å². The molecule has 0 fully saturated rings. The van der Waals surface area contributed by atoms with Crippen molar-refractivity contribution in [3.8, 4) is 0 Å². The highest BCUT2D eigenvalue weighted by atomic mass is 32.2. The second-order valence-corrected chi connectivity index (χ2v) is 2.98. The summed E-state index contributed by atoms with van der Waals surface area (Å²) in [6.45, 7) is 16.8. The van der Waals surface area contributed by atoms with Crippen LogP contribution in [0.4, 0.5) is 0 Å². The summed E-state index contributed by atoms with van der Waals surface area (Å²) in [5.74, 6) is 0.811. The summed E-state index contributed by atoms with van der Waals surface area (Å²) < 4.78 is 0. The molecule has 0 aliphatic carbocycles. The van der Waals surface area contributed by atoms with Crippen molar-refractivity contribution >= 4 is 16.9 Å². The minimum Gasteiger partial charge on any atom is -0.288 e. The van der Waals surface area contributed by atoms with Crippen LogP contribution in [0.3, 0.4) is 0 Å². The largest absolute Gasteiger partial charge is 0.288 e. The van der Waals surface area contributed by atoms with Crippen molar-refractivity contribution < 1.29 is 4.79 Å².